The Hall–Kier alpha value is -0.170. The van der Waals surface area contributed by atoms with Crippen molar-refractivity contribution in [3.63, 3.8) is 0 Å². The first-order chi connectivity index (χ1) is 8.18. The standard InChI is InChI=1S/C12H26N2O3S/c1-12(2,3)13-7-5-6-11-10-14(8-9-17-11)18(4,15)16/h11,13H,5-10H2,1-4H3/t11-/m0/s1. The minimum absolute atomic E-state index is 0.0373. The van der Waals surface area contributed by atoms with Gasteiger partial charge in [0.05, 0.1) is 19.0 Å². The highest BCUT2D eigenvalue weighted by molar-refractivity contribution is 7.88. The van der Waals surface area contributed by atoms with E-state index in [4.69, 9.17) is 4.74 Å². The Morgan fingerprint density at radius 2 is 2.06 bits per heavy atom. The quantitative estimate of drug-likeness (QED) is 0.756. The van der Waals surface area contributed by atoms with Crippen LogP contribution in [0.5, 0.6) is 0 Å². The first-order valence-electron chi connectivity index (χ1n) is 6.50. The molecule has 18 heavy (non-hydrogen) atoms. The van der Waals surface area contributed by atoms with E-state index in [0.717, 1.165) is 19.4 Å². The number of nitrogens with one attached hydrogen (secondary N) is 1. The normalized spacial score (nSPS) is 23.2. The van der Waals surface area contributed by atoms with Crippen LogP contribution in [0.2, 0.25) is 0 Å². The van der Waals surface area contributed by atoms with E-state index >= 15 is 0 Å². The molecule has 1 saturated heterocycles. The van der Waals surface area contributed by atoms with Crippen LogP contribution in [0, 0.1) is 0 Å². The molecule has 6 heteroatoms. The Kier molecular flexibility index (Phi) is 5.58. The van der Waals surface area contributed by atoms with Crippen LogP contribution >= 0.6 is 0 Å². The summed E-state index contributed by atoms with van der Waals surface area (Å²) in [5.41, 5.74) is 0.131. The molecule has 1 fully saturated rings. The monoisotopic (exact) mass is 278 g/mol. The number of hydrogen-bond donors (Lipinski definition) is 1. The molecule has 0 radical (unpaired) electrons. The van der Waals surface area contributed by atoms with E-state index in [1.54, 1.807) is 0 Å². The highest BCUT2D eigenvalue weighted by Crippen LogP contribution is 2.13. The van der Waals surface area contributed by atoms with E-state index in [2.05, 4.69) is 26.1 Å². The van der Waals surface area contributed by atoms with Crippen molar-refractivity contribution in [2.45, 2.75) is 45.3 Å². The summed E-state index contributed by atoms with van der Waals surface area (Å²) in [6.45, 7) is 8.82. The van der Waals surface area contributed by atoms with Gasteiger partial charge in [0.15, 0.2) is 0 Å². The van der Waals surface area contributed by atoms with Gasteiger partial charge in [0.2, 0.25) is 10.0 Å². The lowest BCUT2D eigenvalue weighted by atomic mass is 10.1. The zero-order valence-electron chi connectivity index (χ0n) is 11.9. The van der Waals surface area contributed by atoms with Crippen LogP contribution in [-0.4, -0.2) is 56.9 Å². The number of hydrogen-bond acceptors (Lipinski definition) is 4. The summed E-state index contributed by atoms with van der Waals surface area (Å²) in [4.78, 5) is 0. The highest BCUT2D eigenvalue weighted by atomic mass is 32.2. The topological polar surface area (TPSA) is 58.6 Å². The fourth-order valence-corrected chi connectivity index (χ4v) is 2.80. The summed E-state index contributed by atoms with van der Waals surface area (Å²) < 4.78 is 30.0. The van der Waals surface area contributed by atoms with Gasteiger partial charge in [0.25, 0.3) is 0 Å². The SMILES string of the molecule is CC(C)(C)NCCC[C@H]1CN(S(C)(=O)=O)CCO1. The van der Waals surface area contributed by atoms with Crippen molar-refractivity contribution in [3.05, 3.63) is 0 Å². The van der Waals surface area contributed by atoms with E-state index in [1.807, 2.05) is 0 Å². The smallest absolute Gasteiger partial charge is 0.211 e. The second-order valence-electron chi connectivity index (χ2n) is 5.93. The number of rotatable bonds is 5. The molecule has 0 bridgehead atoms. The Morgan fingerprint density at radius 3 is 2.61 bits per heavy atom. The fourth-order valence-electron chi connectivity index (χ4n) is 1.96. The lowest BCUT2D eigenvalue weighted by Crippen LogP contribution is -2.45. The van der Waals surface area contributed by atoms with Gasteiger partial charge in [-0.3, -0.25) is 0 Å². The Balaban J connectivity index is 2.27. The molecule has 1 N–H and O–H groups in total. The minimum Gasteiger partial charge on any atom is -0.375 e. The molecule has 0 unspecified atom stereocenters. The number of ether oxygens (including phenoxy) is 1. The van der Waals surface area contributed by atoms with Gasteiger partial charge in [-0.05, 0) is 40.2 Å². The van der Waals surface area contributed by atoms with Gasteiger partial charge in [-0.15, -0.1) is 0 Å². The van der Waals surface area contributed by atoms with Crippen molar-refractivity contribution < 1.29 is 13.2 Å². The molecule has 0 aromatic carbocycles. The maximum absolute atomic E-state index is 11.5. The molecule has 0 aromatic heterocycles. The summed E-state index contributed by atoms with van der Waals surface area (Å²) >= 11 is 0. The van der Waals surface area contributed by atoms with Gasteiger partial charge in [-0.2, -0.15) is 4.31 Å². The van der Waals surface area contributed by atoms with Crippen molar-refractivity contribution in [3.8, 4) is 0 Å². The van der Waals surface area contributed by atoms with E-state index in [0.29, 0.717) is 19.7 Å². The number of morpholine rings is 1. The molecule has 0 amide bonds. The van der Waals surface area contributed by atoms with Crippen molar-refractivity contribution in [1.29, 1.82) is 0 Å². The van der Waals surface area contributed by atoms with Gasteiger partial charge in [-0.25, -0.2) is 8.42 Å². The summed E-state index contributed by atoms with van der Waals surface area (Å²) in [6, 6.07) is 0. The third kappa shape index (κ3) is 6.13. The number of sulfonamides is 1. The van der Waals surface area contributed by atoms with E-state index in [-0.39, 0.29) is 11.6 Å². The summed E-state index contributed by atoms with van der Waals surface area (Å²) in [7, 11) is -3.07. The van der Waals surface area contributed by atoms with Crippen LogP contribution in [0.15, 0.2) is 0 Å². The Labute approximate surface area is 111 Å². The second kappa shape index (κ2) is 6.32. The summed E-state index contributed by atoms with van der Waals surface area (Å²) in [6.07, 6.45) is 3.20. The molecule has 1 aliphatic heterocycles. The maximum atomic E-state index is 11.5. The lowest BCUT2D eigenvalue weighted by Gasteiger charge is -2.31. The first-order valence-corrected chi connectivity index (χ1v) is 8.35. The van der Waals surface area contributed by atoms with Crippen LogP contribution in [0.4, 0.5) is 0 Å². The largest absolute Gasteiger partial charge is 0.375 e. The van der Waals surface area contributed by atoms with E-state index < -0.39 is 10.0 Å². The first kappa shape index (κ1) is 15.9. The van der Waals surface area contributed by atoms with Gasteiger partial charge in [0.1, 0.15) is 0 Å². The molecule has 0 aliphatic carbocycles. The van der Waals surface area contributed by atoms with Crippen LogP contribution in [0.25, 0.3) is 0 Å². The lowest BCUT2D eigenvalue weighted by molar-refractivity contribution is -0.00635. The number of nitrogens with zero attached hydrogens (tertiary/aromatic N) is 1. The molecular weight excluding hydrogens is 252 g/mol. The molecule has 1 heterocycles. The Bertz CT molecular complexity index is 349. The Morgan fingerprint density at radius 1 is 1.39 bits per heavy atom. The highest BCUT2D eigenvalue weighted by Gasteiger charge is 2.26. The third-order valence-electron chi connectivity index (χ3n) is 2.93. The zero-order valence-corrected chi connectivity index (χ0v) is 12.7. The fraction of sp³-hybridized carbons (Fsp3) is 1.00. The van der Waals surface area contributed by atoms with Crippen molar-refractivity contribution >= 4 is 10.0 Å². The molecule has 0 spiro atoms. The molecule has 0 aromatic rings. The predicted octanol–water partition coefficient (Wildman–Crippen LogP) is 0.815. The third-order valence-corrected chi connectivity index (χ3v) is 4.20. The average Bonchev–Trinajstić information content (AvgIpc) is 2.22. The van der Waals surface area contributed by atoms with Gasteiger partial charge in [-0.1, -0.05) is 0 Å². The summed E-state index contributed by atoms with van der Waals surface area (Å²) in [5.74, 6) is 0. The van der Waals surface area contributed by atoms with Crippen molar-refractivity contribution in [2.75, 3.05) is 32.5 Å². The molecule has 0 saturated carbocycles. The van der Waals surface area contributed by atoms with E-state index in [1.165, 1.54) is 10.6 Å². The predicted molar refractivity (Wildman–Crippen MR) is 73.1 cm³/mol. The average molecular weight is 278 g/mol. The summed E-state index contributed by atoms with van der Waals surface area (Å²) in [5, 5.41) is 3.42. The van der Waals surface area contributed by atoms with Crippen LogP contribution in [0.3, 0.4) is 0 Å². The zero-order chi connectivity index (χ0) is 13.8. The maximum Gasteiger partial charge on any atom is 0.211 e. The van der Waals surface area contributed by atoms with Gasteiger partial charge >= 0.3 is 0 Å². The molecule has 1 atom stereocenters. The van der Waals surface area contributed by atoms with Crippen LogP contribution in [-0.2, 0) is 14.8 Å². The molecule has 1 rings (SSSR count). The van der Waals surface area contributed by atoms with Crippen LogP contribution < -0.4 is 5.32 Å². The van der Waals surface area contributed by atoms with Crippen molar-refractivity contribution in [2.24, 2.45) is 0 Å². The van der Waals surface area contributed by atoms with Gasteiger partial charge in [0, 0.05) is 18.6 Å². The molecule has 108 valence electrons. The van der Waals surface area contributed by atoms with Crippen molar-refractivity contribution in [1.82, 2.24) is 9.62 Å². The van der Waals surface area contributed by atoms with E-state index in [9.17, 15) is 8.42 Å². The molecule has 1 aliphatic rings. The second-order valence-corrected chi connectivity index (χ2v) is 7.92. The van der Waals surface area contributed by atoms with Gasteiger partial charge < -0.3 is 10.1 Å². The minimum atomic E-state index is -3.07. The van der Waals surface area contributed by atoms with Crippen LogP contribution in [0.1, 0.15) is 33.6 Å². The molecular formula is C12H26N2O3S. The molecule has 5 nitrogen and oxygen atoms in total.